The summed E-state index contributed by atoms with van der Waals surface area (Å²) in [4.78, 5) is 24.6. The van der Waals surface area contributed by atoms with Crippen molar-refractivity contribution in [1.29, 1.82) is 0 Å². The Labute approximate surface area is 202 Å². The molecule has 166 valence electrons. The maximum atomic E-state index is 13.2. The molecule has 9 heteroatoms. The Kier molecular flexibility index (Phi) is 9.49. The molecule has 1 aliphatic rings. The topological polar surface area (TPSA) is 45.7 Å². The van der Waals surface area contributed by atoms with Gasteiger partial charge in [0.2, 0.25) is 5.91 Å². The highest BCUT2D eigenvalue weighted by Crippen LogP contribution is 2.34. The third kappa shape index (κ3) is 6.37. The van der Waals surface area contributed by atoms with Crippen LogP contribution < -0.4 is 4.90 Å². The van der Waals surface area contributed by atoms with Gasteiger partial charge in [0.25, 0.3) is 0 Å². The summed E-state index contributed by atoms with van der Waals surface area (Å²) >= 11 is 4.86. The summed E-state index contributed by atoms with van der Waals surface area (Å²) in [6, 6.07) is 16.3. The minimum Gasteiger partial charge on any atom is -0.379 e. The molecule has 2 aromatic carbocycles. The van der Waals surface area contributed by atoms with Gasteiger partial charge in [-0.25, -0.2) is 4.98 Å². The van der Waals surface area contributed by atoms with Crippen LogP contribution in [0, 0.1) is 0 Å². The predicted molar refractivity (Wildman–Crippen MR) is 135 cm³/mol. The summed E-state index contributed by atoms with van der Waals surface area (Å²) in [6.07, 6.45) is 2.06. The van der Waals surface area contributed by atoms with E-state index in [4.69, 9.17) is 9.72 Å². The van der Waals surface area contributed by atoms with Crippen LogP contribution in [0.25, 0.3) is 10.2 Å². The number of carbonyl (C=O) groups excluding carboxylic acids is 1. The number of morpholine rings is 1. The van der Waals surface area contributed by atoms with Crippen LogP contribution in [0.5, 0.6) is 0 Å². The average molecular weight is 496 g/mol. The predicted octanol–water partition coefficient (Wildman–Crippen LogP) is 4.90. The zero-order valence-electron chi connectivity index (χ0n) is 17.4. The fourth-order valence-electron chi connectivity index (χ4n) is 3.32. The van der Waals surface area contributed by atoms with Crippen molar-refractivity contribution in [3.63, 3.8) is 0 Å². The third-order valence-electron chi connectivity index (χ3n) is 4.97. The number of fused-ring (bicyclic) bond motifs is 1. The monoisotopic (exact) mass is 495 g/mol. The van der Waals surface area contributed by atoms with Crippen LogP contribution >= 0.6 is 47.3 Å². The van der Waals surface area contributed by atoms with Crippen molar-refractivity contribution < 1.29 is 9.53 Å². The Morgan fingerprint density at radius 2 is 1.94 bits per heavy atom. The molecule has 1 aliphatic heterocycles. The lowest BCUT2D eigenvalue weighted by molar-refractivity contribution is -0.116. The number of rotatable bonds is 8. The molecule has 0 bridgehead atoms. The molecule has 1 saturated heterocycles. The molecule has 4 rings (SSSR count). The summed E-state index contributed by atoms with van der Waals surface area (Å²) in [7, 11) is 0. The Morgan fingerprint density at radius 1 is 1.16 bits per heavy atom. The van der Waals surface area contributed by atoms with E-state index in [0.29, 0.717) is 12.3 Å². The highest BCUT2D eigenvalue weighted by atomic mass is 35.5. The van der Waals surface area contributed by atoms with Gasteiger partial charge in [0, 0.05) is 36.0 Å². The van der Waals surface area contributed by atoms with Crippen LogP contribution in [0.2, 0.25) is 0 Å². The second-order valence-electron chi connectivity index (χ2n) is 6.90. The number of anilines is 1. The number of para-hydroxylation sites is 1. The van der Waals surface area contributed by atoms with Crippen molar-refractivity contribution in [2.45, 2.75) is 9.79 Å². The smallest absolute Gasteiger partial charge is 0.239 e. The van der Waals surface area contributed by atoms with Crippen LogP contribution in [0.3, 0.4) is 0 Å². The molecule has 1 amide bonds. The zero-order chi connectivity index (χ0) is 20.8. The van der Waals surface area contributed by atoms with Crippen molar-refractivity contribution in [3.05, 3.63) is 48.5 Å². The number of aromatic nitrogens is 1. The number of halogens is 1. The van der Waals surface area contributed by atoms with E-state index in [1.165, 1.54) is 0 Å². The second kappa shape index (κ2) is 12.1. The molecule has 0 unspecified atom stereocenters. The fraction of sp³-hybridized carbons (Fsp3) is 0.364. The van der Waals surface area contributed by atoms with Gasteiger partial charge < -0.3 is 4.74 Å². The molecule has 0 N–H and O–H groups in total. The van der Waals surface area contributed by atoms with E-state index in [1.54, 1.807) is 34.9 Å². The number of benzene rings is 2. The molecule has 3 aromatic rings. The summed E-state index contributed by atoms with van der Waals surface area (Å²) in [5.41, 5.74) is 0.991. The molecule has 5 nitrogen and oxygen atoms in total. The number of hydrogen-bond donors (Lipinski definition) is 0. The third-order valence-corrected chi connectivity index (χ3v) is 7.78. The Bertz CT molecular complexity index is 981. The Balaban J connectivity index is 0.00000272. The summed E-state index contributed by atoms with van der Waals surface area (Å²) in [5, 5.41) is 0.790. The number of ether oxygens (including phenoxy) is 1. The average Bonchev–Trinajstić information content (AvgIpc) is 3.23. The van der Waals surface area contributed by atoms with E-state index in [9.17, 15) is 4.79 Å². The second-order valence-corrected chi connectivity index (χ2v) is 9.81. The Hall–Kier alpha value is -1.29. The maximum Gasteiger partial charge on any atom is 0.239 e. The number of carbonyl (C=O) groups is 1. The van der Waals surface area contributed by atoms with E-state index in [1.807, 2.05) is 35.2 Å². The maximum absolute atomic E-state index is 13.2. The first kappa shape index (κ1) is 24.4. The van der Waals surface area contributed by atoms with Gasteiger partial charge in [-0.1, -0.05) is 35.6 Å². The molecule has 1 aromatic heterocycles. The van der Waals surface area contributed by atoms with Crippen LogP contribution in [0.15, 0.2) is 58.3 Å². The molecular formula is C22H26ClN3O2S3. The molecule has 0 atom stereocenters. The fourth-order valence-corrected chi connectivity index (χ4v) is 5.78. The minimum absolute atomic E-state index is 0. The highest BCUT2D eigenvalue weighted by molar-refractivity contribution is 8.00. The molecule has 0 spiro atoms. The van der Waals surface area contributed by atoms with E-state index in [-0.39, 0.29) is 18.3 Å². The zero-order valence-corrected chi connectivity index (χ0v) is 20.6. The minimum atomic E-state index is 0. The number of thioether (sulfide) groups is 2. The van der Waals surface area contributed by atoms with E-state index in [2.05, 4.69) is 29.4 Å². The first-order valence-corrected chi connectivity index (χ1v) is 13.0. The van der Waals surface area contributed by atoms with Crippen molar-refractivity contribution in [2.24, 2.45) is 0 Å². The standard InChI is InChI=1S/C22H25N3O2S3.ClH/c1-28-18-8-5-9-19-21(18)23-22(30-19)25(11-10-24-12-14-27-15-13-24)20(26)16-29-17-6-3-2-4-7-17;/h2-9H,10-16H2,1H3;1H. The molecule has 1 fully saturated rings. The van der Waals surface area contributed by atoms with Gasteiger partial charge in [-0.2, -0.15) is 0 Å². The van der Waals surface area contributed by atoms with Gasteiger partial charge >= 0.3 is 0 Å². The summed E-state index contributed by atoms with van der Waals surface area (Å²) < 4.78 is 6.58. The van der Waals surface area contributed by atoms with Crippen molar-refractivity contribution >= 4 is 68.5 Å². The van der Waals surface area contributed by atoms with E-state index >= 15 is 0 Å². The molecule has 31 heavy (non-hydrogen) atoms. The lowest BCUT2D eigenvalue weighted by atomic mass is 10.3. The largest absolute Gasteiger partial charge is 0.379 e. The van der Waals surface area contributed by atoms with Gasteiger partial charge in [0.1, 0.15) is 0 Å². The highest BCUT2D eigenvalue weighted by Gasteiger charge is 2.22. The van der Waals surface area contributed by atoms with E-state index < -0.39 is 0 Å². The van der Waals surface area contributed by atoms with Crippen LogP contribution in [-0.2, 0) is 9.53 Å². The quantitative estimate of drug-likeness (QED) is 0.414. The normalized spacial score (nSPS) is 14.4. The van der Waals surface area contributed by atoms with Gasteiger partial charge in [0.05, 0.1) is 29.2 Å². The first-order chi connectivity index (χ1) is 14.7. The number of amides is 1. The molecule has 0 aliphatic carbocycles. The summed E-state index contributed by atoms with van der Waals surface area (Å²) in [6.45, 7) is 4.82. The van der Waals surface area contributed by atoms with Gasteiger partial charge in [0.15, 0.2) is 5.13 Å². The number of thiazole rings is 1. The van der Waals surface area contributed by atoms with E-state index in [0.717, 1.165) is 58.0 Å². The molecule has 0 radical (unpaired) electrons. The molecule has 0 saturated carbocycles. The Morgan fingerprint density at radius 3 is 2.68 bits per heavy atom. The molecule has 2 heterocycles. The SMILES string of the molecule is CSc1cccc2sc(N(CCN3CCOCC3)C(=O)CSc3ccccc3)nc12.Cl. The van der Waals surface area contributed by atoms with Crippen LogP contribution in [0.4, 0.5) is 5.13 Å². The summed E-state index contributed by atoms with van der Waals surface area (Å²) in [5.74, 6) is 0.500. The molecular weight excluding hydrogens is 470 g/mol. The lowest BCUT2D eigenvalue weighted by Crippen LogP contribution is -2.43. The number of nitrogens with zero attached hydrogens (tertiary/aromatic N) is 3. The van der Waals surface area contributed by atoms with Crippen LogP contribution in [0.1, 0.15) is 0 Å². The van der Waals surface area contributed by atoms with Crippen molar-refractivity contribution in [1.82, 2.24) is 9.88 Å². The van der Waals surface area contributed by atoms with Crippen molar-refractivity contribution in [2.75, 3.05) is 56.3 Å². The van der Waals surface area contributed by atoms with Gasteiger partial charge in [-0.15, -0.1) is 35.9 Å². The first-order valence-electron chi connectivity index (χ1n) is 9.96. The van der Waals surface area contributed by atoms with Gasteiger partial charge in [-0.05, 0) is 30.5 Å². The van der Waals surface area contributed by atoms with Gasteiger partial charge in [-0.3, -0.25) is 14.6 Å². The number of hydrogen-bond acceptors (Lipinski definition) is 7. The van der Waals surface area contributed by atoms with Crippen LogP contribution in [-0.4, -0.2) is 67.2 Å². The lowest BCUT2D eigenvalue weighted by Gasteiger charge is -2.29. The van der Waals surface area contributed by atoms with Crippen molar-refractivity contribution in [3.8, 4) is 0 Å².